The van der Waals surface area contributed by atoms with Crippen LogP contribution < -0.4 is 0 Å². The van der Waals surface area contributed by atoms with E-state index in [9.17, 15) is 0 Å². The highest BCUT2D eigenvalue weighted by molar-refractivity contribution is 8.16. The van der Waals surface area contributed by atoms with Gasteiger partial charge in [0.25, 0.3) is 0 Å². The lowest BCUT2D eigenvalue weighted by molar-refractivity contribution is 1.56. The SMILES string of the molecule is c1cc2ccc3ccc(SCSc4ccc5ccc6cccc7ccc4c5c67)c4ccc(c1)c2c34. The van der Waals surface area contributed by atoms with Gasteiger partial charge in [-0.25, -0.2) is 0 Å². The molecule has 0 nitrogen and oxygen atoms in total. The van der Waals surface area contributed by atoms with E-state index >= 15 is 0 Å². The molecule has 0 amide bonds. The van der Waals surface area contributed by atoms with Gasteiger partial charge in [-0.2, -0.15) is 0 Å². The Morgan fingerprint density at radius 3 is 1.11 bits per heavy atom. The van der Waals surface area contributed by atoms with E-state index in [0.29, 0.717) is 0 Å². The Kier molecular flexibility index (Phi) is 4.25. The third-order valence-corrected chi connectivity index (χ3v) is 9.68. The topological polar surface area (TPSA) is 0 Å². The van der Waals surface area contributed by atoms with Gasteiger partial charge < -0.3 is 0 Å². The summed E-state index contributed by atoms with van der Waals surface area (Å²) in [5, 5.41) is 17.3. The molecular formula is C33H20S2. The minimum atomic E-state index is 0.980. The number of benzene rings is 8. The van der Waals surface area contributed by atoms with E-state index in [1.807, 2.05) is 23.5 Å². The van der Waals surface area contributed by atoms with Gasteiger partial charge in [0.15, 0.2) is 0 Å². The lowest BCUT2D eigenvalue weighted by Gasteiger charge is -2.15. The minimum Gasteiger partial charge on any atom is -0.114 e. The lowest BCUT2D eigenvalue weighted by atomic mass is 9.94. The number of hydrogen-bond donors (Lipinski definition) is 0. The van der Waals surface area contributed by atoms with Crippen LogP contribution in [0.25, 0.3) is 64.6 Å². The Bertz CT molecular complexity index is 1860. The number of rotatable bonds is 4. The molecule has 0 unspecified atom stereocenters. The Balaban J connectivity index is 1.19. The van der Waals surface area contributed by atoms with Crippen LogP contribution in [0.4, 0.5) is 0 Å². The van der Waals surface area contributed by atoms with Gasteiger partial charge in [-0.05, 0) is 76.8 Å². The molecule has 0 aliphatic rings. The molecule has 0 aromatic heterocycles. The molecule has 0 saturated heterocycles. The zero-order chi connectivity index (χ0) is 22.9. The second-order valence-electron chi connectivity index (χ2n) is 9.25. The summed E-state index contributed by atoms with van der Waals surface area (Å²) in [5.41, 5.74) is 0. The molecule has 0 spiro atoms. The summed E-state index contributed by atoms with van der Waals surface area (Å²) in [5.74, 6) is 0. The van der Waals surface area contributed by atoms with Crippen molar-refractivity contribution in [2.75, 3.05) is 5.08 Å². The second kappa shape index (κ2) is 7.52. The molecule has 0 saturated carbocycles. The molecule has 0 fully saturated rings. The van der Waals surface area contributed by atoms with Gasteiger partial charge in [0.1, 0.15) is 0 Å². The monoisotopic (exact) mass is 480 g/mol. The third-order valence-electron chi connectivity index (χ3n) is 7.41. The summed E-state index contributed by atoms with van der Waals surface area (Å²) in [4.78, 5) is 2.72. The van der Waals surface area contributed by atoms with Crippen LogP contribution >= 0.6 is 23.5 Å². The summed E-state index contributed by atoms with van der Waals surface area (Å²) < 4.78 is 0. The van der Waals surface area contributed by atoms with Crippen molar-refractivity contribution in [3.63, 3.8) is 0 Å². The molecule has 0 aliphatic heterocycles. The van der Waals surface area contributed by atoms with Crippen molar-refractivity contribution < 1.29 is 0 Å². The number of hydrogen-bond acceptors (Lipinski definition) is 2. The molecule has 0 aliphatic carbocycles. The standard InChI is InChI=1S/C33H20S2/c1-3-20-7-9-24-13-17-28(26-15-11-22(5-1)30(20)32(24)26)34-19-35-29-18-14-25-10-8-21-4-2-6-23-12-16-27(29)33(25)31(21)23/h1-18H,19H2. The molecule has 8 aromatic carbocycles. The average Bonchev–Trinajstić information content (AvgIpc) is 2.91. The summed E-state index contributed by atoms with van der Waals surface area (Å²) in [6.45, 7) is 0. The van der Waals surface area contributed by atoms with Gasteiger partial charge in [-0.3, -0.25) is 0 Å². The van der Waals surface area contributed by atoms with Gasteiger partial charge in [0, 0.05) is 14.9 Å². The zero-order valence-electron chi connectivity index (χ0n) is 18.9. The van der Waals surface area contributed by atoms with Crippen LogP contribution in [-0.2, 0) is 0 Å². The van der Waals surface area contributed by atoms with Crippen molar-refractivity contribution in [3.8, 4) is 0 Å². The van der Waals surface area contributed by atoms with Gasteiger partial charge in [-0.15, -0.1) is 23.5 Å². The second-order valence-corrected chi connectivity index (χ2v) is 11.6. The van der Waals surface area contributed by atoms with Crippen molar-refractivity contribution in [1.29, 1.82) is 0 Å². The van der Waals surface area contributed by atoms with Crippen LogP contribution in [0.2, 0.25) is 0 Å². The van der Waals surface area contributed by atoms with Crippen LogP contribution in [0.15, 0.2) is 119 Å². The fraction of sp³-hybridized carbons (Fsp3) is 0.0303. The number of thioether (sulfide) groups is 2. The van der Waals surface area contributed by atoms with Crippen LogP contribution in [0.1, 0.15) is 0 Å². The molecule has 0 N–H and O–H groups in total. The molecule has 0 radical (unpaired) electrons. The van der Waals surface area contributed by atoms with Crippen LogP contribution in [0, 0.1) is 0 Å². The molecule has 0 heterocycles. The van der Waals surface area contributed by atoms with Crippen molar-refractivity contribution in [2.45, 2.75) is 9.79 Å². The molecule has 2 heteroatoms. The Hall–Kier alpha value is -3.46. The highest BCUT2D eigenvalue weighted by Gasteiger charge is 2.13. The van der Waals surface area contributed by atoms with E-state index in [0.717, 1.165) is 5.08 Å². The van der Waals surface area contributed by atoms with E-state index in [2.05, 4.69) is 109 Å². The highest BCUT2D eigenvalue weighted by atomic mass is 32.2. The van der Waals surface area contributed by atoms with E-state index in [-0.39, 0.29) is 0 Å². The first kappa shape index (κ1) is 19.8. The predicted molar refractivity (Wildman–Crippen MR) is 157 cm³/mol. The van der Waals surface area contributed by atoms with Crippen molar-refractivity contribution in [3.05, 3.63) is 109 Å². The molecule has 35 heavy (non-hydrogen) atoms. The minimum absolute atomic E-state index is 0.980. The summed E-state index contributed by atoms with van der Waals surface area (Å²) in [6.07, 6.45) is 0. The lowest BCUT2D eigenvalue weighted by Crippen LogP contribution is -1.87. The van der Waals surface area contributed by atoms with Gasteiger partial charge in [-0.1, -0.05) is 97.1 Å². The fourth-order valence-corrected chi connectivity index (χ4v) is 8.06. The van der Waals surface area contributed by atoms with Crippen LogP contribution in [0.3, 0.4) is 0 Å². The van der Waals surface area contributed by atoms with Gasteiger partial charge >= 0.3 is 0 Å². The van der Waals surface area contributed by atoms with E-state index in [1.54, 1.807) is 0 Å². The molecule has 0 bridgehead atoms. The van der Waals surface area contributed by atoms with Crippen molar-refractivity contribution in [1.82, 2.24) is 0 Å². The highest BCUT2D eigenvalue weighted by Crippen LogP contribution is 2.42. The maximum absolute atomic E-state index is 2.31. The average molecular weight is 481 g/mol. The maximum Gasteiger partial charge on any atom is 0.0487 e. The molecule has 164 valence electrons. The third kappa shape index (κ3) is 2.90. The van der Waals surface area contributed by atoms with E-state index in [4.69, 9.17) is 0 Å². The zero-order valence-corrected chi connectivity index (χ0v) is 20.5. The fourth-order valence-electron chi connectivity index (χ4n) is 5.83. The maximum atomic E-state index is 2.31. The quantitative estimate of drug-likeness (QED) is 0.140. The molecule has 0 atom stereocenters. The van der Waals surface area contributed by atoms with E-state index < -0.39 is 0 Å². The van der Waals surface area contributed by atoms with Gasteiger partial charge in [0.05, 0.1) is 0 Å². The molecule has 8 aromatic rings. The van der Waals surface area contributed by atoms with Gasteiger partial charge in [0.2, 0.25) is 0 Å². The summed E-state index contributed by atoms with van der Waals surface area (Å²) in [7, 11) is 0. The molecular weight excluding hydrogens is 460 g/mol. The van der Waals surface area contributed by atoms with Crippen molar-refractivity contribution in [2.24, 2.45) is 0 Å². The smallest absolute Gasteiger partial charge is 0.0487 e. The summed E-state index contributed by atoms with van der Waals surface area (Å²) >= 11 is 3.90. The van der Waals surface area contributed by atoms with Crippen molar-refractivity contribution >= 4 is 88.2 Å². The first-order valence-electron chi connectivity index (χ1n) is 11.9. The van der Waals surface area contributed by atoms with Crippen LogP contribution in [-0.4, -0.2) is 5.08 Å². The van der Waals surface area contributed by atoms with E-state index in [1.165, 1.54) is 74.4 Å². The summed E-state index contributed by atoms with van der Waals surface area (Å²) in [6, 6.07) is 40.6. The normalized spacial score (nSPS) is 12.3. The predicted octanol–water partition coefficient (Wildman–Crippen LogP) is 10.3. The first-order valence-corrected chi connectivity index (χ1v) is 13.9. The Morgan fingerprint density at radius 2 is 0.686 bits per heavy atom. The largest absolute Gasteiger partial charge is 0.114 e. The molecule has 8 rings (SSSR count). The first-order chi connectivity index (χ1) is 17.3. The Labute approximate surface area is 211 Å². The van der Waals surface area contributed by atoms with Crippen LogP contribution in [0.5, 0.6) is 0 Å². The Morgan fingerprint density at radius 1 is 0.343 bits per heavy atom.